The first-order valence-electron chi connectivity index (χ1n) is 14.0. The van der Waals surface area contributed by atoms with E-state index in [-0.39, 0.29) is 11.9 Å². The van der Waals surface area contributed by atoms with Crippen LogP contribution in [-0.2, 0) is 9.59 Å². The number of amides is 2. The third kappa shape index (κ3) is 41.5. The average Bonchev–Trinajstić information content (AvgIpc) is 2.96. The van der Waals surface area contributed by atoms with E-state index in [1.165, 1.54) is 0 Å². The predicted octanol–water partition coefficient (Wildman–Crippen LogP) is 6.98. The lowest BCUT2D eigenvalue weighted by Gasteiger charge is -2.16. The van der Waals surface area contributed by atoms with E-state index < -0.39 is 0 Å². The third-order valence-electron chi connectivity index (χ3n) is 4.13. The van der Waals surface area contributed by atoms with Crippen molar-refractivity contribution in [3.8, 4) is 6.07 Å². The molecule has 0 radical (unpaired) electrons. The molecule has 1 unspecified atom stereocenters. The summed E-state index contributed by atoms with van der Waals surface area (Å²) >= 11 is 0. The summed E-state index contributed by atoms with van der Waals surface area (Å²) in [5.41, 5.74) is 2.32. The van der Waals surface area contributed by atoms with Gasteiger partial charge in [-0.05, 0) is 73.0 Å². The number of nitrogens with zero attached hydrogens (tertiary/aromatic N) is 2. The van der Waals surface area contributed by atoms with Gasteiger partial charge in [-0.1, -0.05) is 83.7 Å². The molecule has 2 amide bonds. The highest BCUT2D eigenvalue weighted by molar-refractivity contribution is 5.93. The summed E-state index contributed by atoms with van der Waals surface area (Å²) in [6.45, 7) is 22.0. The molecule has 0 aromatic rings. The Morgan fingerprint density at radius 3 is 2.10 bits per heavy atom. The van der Waals surface area contributed by atoms with Crippen LogP contribution >= 0.6 is 0 Å². The normalized spacial score (nSPS) is 11.6. The van der Waals surface area contributed by atoms with Gasteiger partial charge in [0, 0.05) is 36.5 Å². The van der Waals surface area contributed by atoms with Crippen LogP contribution in [0.2, 0.25) is 0 Å². The Labute approximate surface area is 247 Å². The van der Waals surface area contributed by atoms with Crippen molar-refractivity contribution in [3.05, 3.63) is 84.3 Å². The Morgan fingerprint density at radius 2 is 1.68 bits per heavy atom. The summed E-state index contributed by atoms with van der Waals surface area (Å²) in [6, 6.07) is 2.07. The zero-order valence-electron chi connectivity index (χ0n) is 27.5. The van der Waals surface area contributed by atoms with Crippen molar-refractivity contribution in [2.75, 3.05) is 27.7 Å². The van der Waals surface area contributed by atoms with E-state index in [1.54, 1.807) is 18.4 Å². The molecule has 0 saturated carbocycles. The minimum Gasteiger partial charge on any atom is -0.392 e. The van der Waals surface area contributed by atoms with Gasteiger partial charge >= 0.3 is 0 Å². The quantitative estimate of drug-likeness (QED) is 0.0983. The molecule has 228 valence electrons. The zero-order chi connectivity index (χ0) is 32.2. The van der Waals surface area contributed by atoms with Crippen molar-refractivity contribution < 1.29 is 9.59 Å². The molecule has 0 saturated heterocycles. The molecule has 1 atom stereocenters. The lowest BCUT2D eigenvalue weighted by Crippen LogP contribution is -2.35. The number of carbonyl (C=O) groups is 2. The fraction of sp³-hybridized carbons (Fsp3) is 0.485. The van der Waals surface area contributed by atoms with E-state index in [9.17, 15) is 9.59 Å². The first-order valence-corrected chi connectivity index (χ1v) is 14.0. The van der Waals surface area contributed by atoms with Crippen LogP contribution in [0.4, 0.5) is 0 Å². The summed E-state index contributed by atoms with van der Waals surface area (Å²) in [7, 11) is 5.76. The topological polar surface area (TPSA) is 97.3 Å². The van der Waals surface area contributed by atoms with Gasteiger partial charge in [0.2, 0.25) is 12.3 Å². The Morgan fingerprint density at radius 1 is 1.07 bits per heavy atom. The smallest absolute Gasteiger partial charge is 0.248 e. The molecule has 0 fully saturated rings. The Kier molecular flexibility index (Phi) is 46.1. The summed E-state index contributed by atoms with van der Waals surface area (Å²) < 4.78 is 0. The molecule has 3 N–H and O–H groups in total. The average molecular weight is 558 g/mol. The van der Waals surface area contributed by atoms with E-state index in [0.717, 1.165) is 24.1 Å². The van der Waals surface area contributed by atoms with Crippen LogP contribution in [0.5, 0.6) is 0 Å². The van der Waals surface area contributed by atoms with Crippen molar-refractivity contribution >= 4 is 12.3 Å². The van der Waals surface area contributed by atoms with Gasteiger partial charge in [-0.25, -0.2) is 0 Å². The third-order valence-corrected chi connectivity index (χ3v) is 4.13. The Bertz CT molecular complexity index is 826. The first-order chi connectivity index (χ1) is 19.1. The van der Waals surface area contributed by atoms with Crippen molar-refractivity contribution in [3.63, 3.8) is 0 Å². The Hall–Kier alpha value is -3.63. The summed E-state index contributed by atoms with van der Waals surface area (Å²) in [5, 5.41) is 16.7. The molecule has 40 heavy (non-hydrogen) atoms. The molecule has 0 rings (SSSR count). The molecule has 0 aliphatic carbocycles. The van der Waals surface area contributed by atoms with Crippen LogP contribution in [0.3, 0.4) is 0 Å². The Balaban J connectivity index is -0.000000158. The fourth-order valence-corrected chi connectivity index (χ4v) is 2.14. The lowest BCUT2D eigenvalue weighted by molar-refractivity contribution is -0.118. The lowest BCUT2D eigenvalue weighted by atomic mass is 10.1. The van der Waals surface area contributed by atoms with Gasteiger partial charge in [0.1, 0.15) is 0 Å². The number of allylic oxidation sites excluding steroid dienone is 10. The van der Waals surface area contributed by atoms with Crippen molar-refractivity contribution in [2.24, 2.45) is 0 Å². The van der Waals surface area contributed by atoms with E-state index >= 15 is 0 Å². The molecule has 7 heteroatoms. The monoisotopic (exact) mass is 557 g/mol. The van der Waals surface area contributed by atoms with Gasteiger partial charge in [0.15, 0.2) is 0 Å². The van der Waals surface area contributed by atoms with Gasteiger partial charge < -0.3 is 20.9 Å². The number of nitrogens with one attached hydrogen (secondary N) is 3. The van der Waals surface area contributed by atoms with Crippen molar-refractivity contribution in [2.45, 2.75) is 81.2 Å². The second-order valence-electron chi connectivity index (χ2n) is 7.81. The number of likely N-dealkylation sites (N-methyl/N-ethyl adjacent to an activating group) is 1. The summed E-state index contributed by atoms with van der Waals surface area (Å²) in [5.74, 6) is 0.0260. The van der Waals surface area contributed by atoms with E-state index in [1.807, 2.05) is 131 Å². The van der Waals surface area contributed by atoms with E-state index in [0.29, 0.717) is 18.5 Å². The molecule has 7 nitrogen and oxygen atoms in total. The molecule has 0 heterocycles. The molecule has 0 aromatic heterocycles. The highest BCUT2D eigenvalue weighted by Crippen LogP contribution is 2.00. The van der Waals surface area contributed by atoms with Crippen LogP contribution in [0.1, 0.15) is 75.2 Å². The minimum atomic E-state index is 0.0260. The van der Waals surface area contributed by atoms with E-state index in [2.05, 4.69) is 28.6 Å². The SMILES string of the molecule is C/C=C\C=C/CC(C)NC(=O)/C(=C/C)CN(C)C.C=C(C#N)/C=C\C=C(/C)NC.CC.CC.CC/C=C/NC=O. The number of rotatable bonds is 13. The summed E-state index contributed by atoms with van der Waals surface area (Å²) in [4.78, 5) is 23.5. The maximum atomic E-state index is 12.0. The van der Waals surface area contributed by atoms with Crippen molar-refractivity contribution in [1.82, 2.24) is 20.9 Å². The van der Waals surface area contributed by atoms with Crippen LogP contribution in [0, 0.1) is 11.3 Å². The second-order valence-corrected chi connectivity index (χ2v) is 7.81. The molecule has 0 aliphatic rings. The highest BCUT2D eigenvalue weighted by Gasteiger charge is 2.11. The van der Waals surface area contributed by atoms with Crippen LogP contribution < -0.4 is 16.0 Å². The van der Waals surface area contributed by atoms with Crippen LogP contribution in [0.25, 0.3) is 0 Å². The van der Waals surface area contributed by atoms with Gasteiger partial charge in [0.05, 0.1) is 6.07 Å². The fourth-order valence-electron chi connectivity index (χ4n) is 2.14. The first kappa shape index (κ1) is 46.2. The van der Waals surface area contributed by atoms with Gasteiger partial charge in [-0.15, -0.1) is 0 Å². The molecule has 0 aromatic carbocycles. The number of hydrogen-bond donors (Lipinski definition) is 3. The van der Waals surface area contributed by atoms with Crippen LogP contribution in [-0.4, -0.2) is 50.9 Å². The molecular formula is C33H59N5O2. The van der Waals surface area contributed by atoms with Crippen LogP contribution in [0.15, 0.2) is 84.3 Å². The van der Waals surface area contributed by atoms with E-state index in [4.69, 9.17) is 5.26 Å². The maximum absolute atomic E-state index is 12.0. The van der Waals surface area contributed by atoms with Gasteiger partial charge in [-0.3, -0.25) is 9.59 Å². The van der Waals surface area contributed by atoms with Crippen molar-refractivity contribution in [1.29, 1.82) is 5.26 Å². The maximum Gasteiger partial charge on any atom is 0.248 e. The zero-order valence-corrected chi connectivity index (χ0v) is 27.5. The minimum absolute atomic E-state index is 0.0260. The largest absolute Gasteiger partial charge is 0.392 e. The molecule has 0 spiro atoms. The number of nitriles is 1. The standard InChI is InChI=1S/C15H26N2O.C9H12N2.C5H9NO.2C2H6/c1-6-8-9-10-11-13(3)16-15(18)14(7-2)12-17(4)5;1-8(7-10)5-4-6-9(2)11-3;1-2-3-4-6-5-7;2*1-2/h6-10,13H,11-12H2,1-5H3,(H,16,18);4-6,11H,1H2,2-3H3;3-5H,2H2,1H3,(H,6,7);2*1-2H3/b8-6-,10-9-,14-7+;5-4-,9-6+;4-3+;;. The highest BCUT2D eigenvalue weighted by atomic mass is 16.1. The van der Waals surface area contributed by atoms with Gasteiger partial charge in [-0.2, -0.15) is 5.26 Å². The summed E-state index contributed by atoms with van der Waals surface area (Å²) in [6.07, 6.45) is 21.2. The number of hydrogen-bond acceptors (Lipinski definition) is 5. The number of carbonyl (C=O) groups excluding carboxylic acids is 2. The molecular weight excluding hydrogens is 498 g/mol. The molecule has 0 aliphatic heterocycles. The second kappa shape index (κ2) is 39.9. The molecule has 0 bridgehead atoms. The van der Waals surface area contributed by atoms with Gasteiger partial charge in [0.25, 0.3) is 0 Å². The predicted molar refractivity (Wildman–Crippen MR) is 177 cm³/mol.